The molecule has 2 unspecified atom stereocenters. The van der Waals surface area contributed by atoms with Gasteiger partial charge in [0, 0.05) is 27.1 Å². The normalized spacial score (nSPS) is 14.0. The molecule has 0 radical (unpaired) electrons. The molecule has 2 aromatic rings. The first-order chi connectivity index (χ1) is 10.5. The molecule has 0 aliphatic heterocycles. The van der Waals surface area contributed by atoms with Gasteiger partial charge in [0.25, 0.3) is 0 Å². The highest BCUT2D eigenvalue weighted by Gasteiger charge is 2.14. The number of aromatic hydroxyl groups is 1. The molecule has 0 bridgehead atoms. The van der Waals surface area contributed by atoms with Crippen molar-refractivity contribution in [3.63, 3.8) is 0 Å². The molecule has 1 aromatic heterocycles. The minimum Gasteiger partial charge on any atom is -0.508 e. The zero-order valence-electron chi connectivity index (χ0n) is 13.2. The fourth-order valence-corrected chi connectivity index (χ4v) is 4.07. The van der Waals surface area contributed by atoms with Crippen molar-refractivity contribution < 1.29 is 5.11 Å². The minimum atomic E-state index is 0.295. The van der Waals surface area contributed by atoms with Crippen LogP contribution in [0, 0.1) is 0 Å². The molecule has 120 valence electrons. The van der Waals surface area contributed by atoms with Gasteiger partial charge < -0.3 is 10.8 Å². The molecule has 0 saturated heterocycles. The van der Waals surface area contributed by atoms with Gasteiger partial charge in [-0.2, -0.15) is 12.6 Å². The molecule has 0 fully saturated rings. The molecule has 2 atom stereocenters. The Labute approximate surface area is 142 Å². The molecule has 22 heavy (non-hydrogen) atoms. The average molecular weight is 336 g/mol. The Bertz CT molecular complexity index is 607. The molecule has 4 heteroatoms. The lowest BCUT2D eigenvalue weighted by atomic mass is 9.95. The lowest BCUT2D eigenvalue weighted by Crippen LogP contribution is -2.00. The van der Waals surface area contributed by atoms with Gasteiger partial charge in [-0.3, -0.25) is 0 Å². The van der Waals surface area contributed by atoms with Crippen LogP contribution < -0.4 is 5.73 Å². The summed E-state index contributed by atoms with van der Waals surface area (Å²) in [6, 6.07) is 10.2. The maximum atomic E-state index is 9.71. The summed E-state index contributed by atoms with van der Waals surface area (Å²) in [5.41, 5.74) is 7.73. The Hall–Kier alpha value is -0.970. The summed E-state index contributed by atoms with van der Waals surface area (Å²) in [5.74, 6) is 0.880. The summed E-state index contributed by atoms with van der Waals surface area (Å²) in [5, 5.41) is 10.0. The summed E-state index contributed by atoms with van der Waals surface area (Å²) in [6.45, 7) is 4.74. The van der Waals surface area contributed by atoms with Crippen LogP contribution in [0.2, 0.25) is 0 Å². The number of benzene rings is 1. The monoisotopic (exact) mass is 335 g/mol. The zero-order chi connectivity index (χ0) is 16.1. The minimum absolute atomic E-state index is 0.295. The maximum absolute atomic E-state index is 9.71. The summed E-state index contributed by atoms with van der Waals surface area (Å²) in [4.78, 5) is 2.79. The van der Waals surface area contributed by atoms with E-state index in [2.05, 4.69) is 38.6 Å². The molecule has 0 saturated carbocycles. The summed E-state index contributed by atoms with van der Waals surface area (Å²) < 4.78 is 0. The van der Waals surface area contributed by atoms with Gasteiger partial charge in [-0.1, -0.05) is 19.1 Å². The standard InChI is InChI=1S/C18H25NOS2/c1-3-14(18-9-8-17(22-18)12(2)21)6-4-13-5-7-16(20)15(10-13)11-19/h5,7-10,12,14,20-21H,3-4,6,11,19H2,1-2H3. The average Bonchev–Trinajstić information content (AvgIpc) is 2.99. The molecule has 3 N–H and O–H groups in total. The first-order valence-electron chi connectivity index (χ1n) is 7.83. The third-order valence-corrected chi connectivity index (χ3v) is 5.98. The van der Waals surface area contributed by atoms with Gasteiger partial charge >= 0.3 is 0 Å². The van der Waals surface area contributed by atoms with Crippen molar-refractivity contribution in [2.24, 2.45) is 5.73 Å². The Morgan fingerprint density at radius 3 is 2.55 bits per heavy atom. The summed E-state index contributed by atoms with van der Waals surface area (Å²) in [7, 11) is 0. The van der Waals surface area contributed by atoms with Crippen molar-refractivity contribution in [2.45, 2.75) is 50.8 Å². The second-order valence-corrected chi connectivity index (χ2v) is 7.65. The summed E-state index contributed by atoms with van der Waals surface area (Å²) >= 11 is 6.40. The highest BCUT2D eigenvalue weighted by Crippen LogP contribution is 2.35. The van der Waals surface area contributed by atoms with Gasteiger partial charge in [0.05, 0.1) is 0 Å². The van der Waals surface area contributed by atoms with Crippen LogP contribution in [0.4, 0.5) is 0 Å². The van der Waals surface area contributed by atoms with E-state index in [1.807, 2.05) is 23.5 Å². The largest absolute Gasteiger partial charge is 0.508 e. The van der Waals surface area contributed by atoms with Gasteiger partial charge in [-0.15, -0.1) is 11.3 Å². The fraction of sp³-hybridized carbons (Fsp3) is 0.444. The van der Waals surface area contributed by atoms with Gasteiger partial charge in [0.1, 0.15) is 5.75 Å². The highest BCUT2D eigenvalue weighted by atomic mass is 32.1. The third-order valence-electron chi connectivity index (χ3n) is 4.10. The Kier molecular flexibility index (Phi) is 6.36. The van der Waals surface area contributed by atoms with Gasteiger partial charge in [-0.25, -0.2) is 0 Å². The fourth-order valence-electron chi connectivity index (χ4n) is 2.66. The molecule has 0 amide bonds. The number of hydrogen-bond donors (Lipinski definition) is 3. The second-order valence-electron chi connectivity index (χ2n) is 5.73. The maximum Gasteiger partial charge on any atom is 0.120 e. The van der Waals surface area contributed by atoms with Crippen molar-refractivity contribution in [3.05, 3.63) is 51.2 Å². The molecule has 1 heterocycles. The van der Waals surface area contributed by atoms with Gasteiger partial charge in [0.2, 0.25) is 0 Å². The van der Waals surface area contributed by atoms with Crippen LogP contribution in [0.5, 0.6) is 5.75 Å². The third kappa shape index (κ3) is 4.28. The number of thiol groups is 1. The molecule has 2 rings (SSSR count). The molecule has 2 nitrogen and oxygen atoms in total. The number of nitrogens with two attached hydrogens (primary N) is 1. The molecular formula is C18H25NOS2. The van der Waals surface area contributed by atoms with Crippen molar-refractivity contribution >= 4 is 24.0 Å². The van der Waals surface area contributed by atoms with Crippen molar-refractivity contribution in [1.82, 2.24) is 0 Å². The SMILES string of the molecule is CCC(CCc1ccc(O)c(CN)c1)c1ccc(C(C)S)s1. The van der Waals surface area contributed by atoms with E-state index in [1.54, 1.807) is 6.07 Å². The molecular weight excluding hydrogens is 310 g/mol. The Morgan fingerprint density at radius 2 is 1.95 bits per heavy atom. The van der Waals surface area contributed by atoms with Gasteiger partial charge in [-0.05, 0) is 55.9 Å². The topological polar surface area (TPSA) is 46.2 Å². The lowest BCUT2D eigenvalue weighted by molar-refractivity contribution is 0.468. The zero-order valence-corrected chi connectivity index (χ0v) is 15.0. The lowest BCUT2D eigenvalue weighted by Gasteiger charge is -2.14. The Morgan fingerprint density at radius 1 is 1.23 bits per heavy atom. The number of phenols is 1. The first kappa shape index (κ1) is 17.4. The predicted molar refractivity (Wildman–Crippen MR) is 99.1 cm³/mol. The highest BCUT2D eigenvalue weighted by molar-refractivity contribution is 7.80. The molecule has 0 aliphatic carbocycles. The van der Waals surface area contributed by atoms with Crippen molar-refractivity contribution in [1.29, 1.82) is 0 Å². The Balaban J connectivity index is 2.04. The van der Waals surface area contributed by atoms with Crippen LogP contribution in [-0.2, 0) is 13.0 Å². The van der Waals surface area contributed by atoms with E-state index in [9.17, 15) is 5.11 Å². The number of hydrogen-bond acceptors (Lipinski definition) is 4. The van der Waals surface area contributed by atoms with Crippen molar-refractivity contribution in [3.8, 4) is 5.75 Å². The van der Waals surface area contributed by atoms with Crippen LogP contribution in [0.1, 0.15) is 58.7 Å². The number of aryl methyl sites for hydroxylation is 1. The van der Waals surface area contributed by atoms with Crippen molar-refractivity contribution in [2.75, 3.05) is 0 Å². The molecule has 1 aromatic carbocycles. The second kappa shape index (κ2) is 8.04. The summed E-state index contributed by atoms with van der Waals surface area (Å²) in [6.07, 6.45) is 3.27. The number of phenolic OH excluding ortho intramolecular Hbond substituents is 1. The van der Waals surface area contributed by atoms with E-state index in [1.165, 1.54) is 15.3 Å². The van der Waals surface area contributed by atoms with E-state index in [-0.39, 0.29) is 0 Å². The van der Waals surface area contributed by atoms with Crippen LogP contribution in [0.15, 0.2) is 30.3 Å². The van der Waals surface area contributed by atoms with E-state index in [0.29, 0.717) is 23.5 Å². The van der Waals surface area contributed by atoms with E-state index < -0.39 is 0 Å². The van der Waals surface area contributed by atoms with Gasteiger partial charge in [0.15, 0.2) is 0 Å². The predicted octanol–water partition coefficient (Wildman–Crippen LogP) is 5.03. The van der Waals surface area contributed by atoms with Crippen LogP contribution >= 0.6 is 24.0 Å². The van der Waals surface area contributed by atoms with Crippen LogP contribution in [0.3, 0.4) is 0 Å². The van der Waals surface area contributed by atoms with E-state index in [0.717, 1.165) is 24.8 Å². The van der Waals surface area contributed by atoms with E-state index in [4.69, 9.17) is 5.73 Å². The number of rotatable bonds is 7. The number of thiophene rings is 1. The van der Waals surface area contributed by atoms with Crippen LogP contribution in [0.25, 0.3) is 0 Å². The molecule has 0 aliphatic rings. The smallest absolute Gasteiger partial charge is 0.120 e. The first-order valence-corrected chi connectivity index (χ1v) is 9.17. The van der Waals surface area contributed by atoms with Crippen LogP contribution in [-0.4, -0.2) is 5.11 Å². The molecule has 0 spiro atoms. The van der Waals surface area contributed by atoms with E-state index >= 15 is 0 Å². The quantitative estimate of drug-likeness (QED) is 0.621.